The molecule has 2 atom stereocenters. The molecule has 0 saturated heterocycles. The van der Waals surface area contributed by atoms with E-state index in [4.69, 9.17) is 0 Å². The van der Waals surface area contributed by atoms with Crippen molar-refractivity contribution >= 4 is 20.1 Å². The molecule has 0 bridgehead atoms. The maximum absolute atomic E-state index is 15.0. The largest absolute Gasteiger partial charge is 0.216 e. The van der Waals surface area contributed by atoms with Gasteiger partial charge >= 0.3 is 0 Å². The fourth-order valence-electron chi connectivity index (χ4n) is 9.00. The van der Waals surface area contributed by atoms with E-state index in [0.717, 1.165) is 23.7 Å². The van der Waals surface area contributed by atoms with Gasteiger partial charge in [0.2, 0.25) is 0 Å². The van der Waals surface area contributed by atoms with Gasteiger partial charge in [0, 0.05) is 15.2 Å². The number of benzene rings is 4. The summed E-state index contributed by atoms with van der Waals surface area (Å²) in [6.07, 6.45) is 8.46. The van der Waals surface area contributed by atoms with Crippen molar-refractivity contribution in [3.63, 3.8) is 0 Å². The summed E-state index contributed by atoms with van der Waals surface area (Å²) >= 11 is 2.06. The lowest BCUT2D eigenvalue weighted by Gasteiger charge is -2.88. The predicted molar refractivity (Wildman–Crippen MR) is 185 cm³/mol. The van der Waals surface area contributed by atoms with Crippen molar-refractivity contribution in [3.05, 3.63) is 127 Å². The number of hydrogen-bond acceptors (Lipinski definition) is 1. The van der Waals surface area contributed by atoms with Gasteiger partial charge in [0.25, 0.3) is 0 Å². The maximum atomic E-state index is 15.0. The maximum Gasteiger partial charge on any atom is 0.123 e. The minimum atomic E-state index is -3.66. The summed E-state index contributed by atoms with van der Waals surface area (Å²) in [5.74, 6) is 1.40. The lowest BCUT2D eigenvalue weighted by Crippen LogP contribution is -2.56. The molecule has 0 N–H and O–H groups in total. The van der Waals surface area contributed by atoms with Crippen LogP contribution in [0.1, 0.15) is 76.5 Å². The molecule has 1 fully saturated rings. The van der Waals surface area contributed by atoms with Crippen LogP contribution in [-0.4, -0.2) is 16.1 Å². The van der Waals surface area contributed by atoms with Crippen LogP contribution in [0, 0.1) is 11.7 Å². The average Bonchev–Trinajstić information content (AvgIpc) is 3.06. The van der Waals surface area contributed by atoms with Crippen molar-refractivity contribution in [2.75, 3.05) is 10.8 Å². The highest BCUT2D eigenvalue weighted by atomic mass is 32.4. The first-order valence-electron chi connectivity index (χ1n) is 16.0. The van der Waals surface area contributed by atoms with Gasteiger partial charge in [-0.05, 0) is 87.9 Å². The summed E-state index contributed by atoms with van der Waals surface area (Å²) in [6.45, 7) is 7.29. The highest BCUT2D eigenvalue weighted by molar-refractivity contribution is 8.68. The van der Waals surface area contributed by atoms with Gasteiger partial charge in [0.05, 0.1) is 0 Å². The molecule has 5 rings (SSSR count). The van der Waals surface area contributed by atoms with Crippen LogP contribution in [-0.2, 0) is 0 Å². The van der Waals surface area contributed by atoms with E-state index in [1.54, 1.807) is 12.1 Å². The molecular formula is C39H49FS2. The standard InChI is InChI=1S/C39H49FS2/c1-4-30-42(36-22-14-8-15-23-36,37-24-16-9-17-25-37,38-28-26-34(40)27-29-38,31-41-35-20-12-7-13-21-35)39(32(3)5-2)33-18-10-6-11-19-33/h6-8,10-15,18-23,26-29,32,37,39H,4-5,9,16-17,24-25,30-31H2,1-3H3. The molecule has 1 aliphatic carbocycles. The van der Waals surface area contributed by atoms with E-state index >= 15 is 0 Å². The van der Waals surface area contributed by atoms with Crippen LogP contribution < -0.4 is 0 Å². The molecule has 4 aromatic rings. The number of hydrogen-bond donors (Lipinski definition) is 0. The van der Waals surface area contributed by atoms with Crippen LogP contribution in [0.3, 0.4) is 0 Å². The van der Waals surface area contributed by atoms with Crippen molar-refractivity contribution in [1.29, 1.82) is 0 Å². The second-order valence-electron chi connectivity index (χ2n) is 12.7. The highest BCUT2D eigenvalue weighted by Crippen LogP contribution is 3.08. The van der Waals surface area contributed by atoms with Gasteiger partial charge in [-0.3, -0.25) is 0 Å². The lowest BCUT2D eigenvalue weighted by molar-refractivity contribution is 0.479. The first-order valence-corrected chi connectivity index (χ1v) is 19.9. The Bertz CT molecular complexity index is 1420. The van der Waals surface area contributed by atoms with Gasteiger partial charge in [-0.2, -0.15) is 0 Å². The third kappa shape index (κ3) is 4.67. The lowest BCUT2D eigenvalue weighted by atomic mass is 9.98. The van der Waals surface area contributed by atoms with E-state index in [1.807, 2.05) is 0 Å². The molecule has 224 valence electrons. The second-order valence-corrected chi connectivity index (χ2v) is 21.2. The average molecular weight is 601 g/mol. The fourth-order valence-corrected chi connectivity index (χ4v) is 24.7. The molecule has 1 saturated carbocycles. The second kappa shape index (κ2) is 12.6. The topological polar surface area (TPSA) is 0 Å². The Kier molecular flexibility index (Phi) is 9.30. The van der Waals surface area contributed by atoms with Gasteiger partial charge in [-0.15, -0.1) is 11.8 Å². The third-order valence-electron chi connectivity index (χ3n) is 10.7. The van der Waals surface area contributed by atoms with E-state index < -0.39 is 8.29 Å². The SMILES string of the molecule is CCCS(CSc1ccccc1)(c1ccccc1)(c1ccc(F)cc1)(C1CCCCC1)C(c1ccccc1)C(C)CC. The minimum absolute atomic E-state index is 0.146. The van der Waals surface area contributed by atoms with Crippen molar-refractivity contribution < 1.29 is 4.39 Å². The Balaban J connectivity index is 2.07. The van der Waals surface area contributed by atoms with Crippen molar-refractivity contribution in [2.45, 2.75) is 90.9 Å². The third-order valence-corrected chi connectivity index (χ3v) is 24.2. The van der Waals surface area contributed by atoms with Crippen molar-refractivity contribution in [1.82, 2.24) is 0 Å². The molecule has 0 amide bonds. The molecule has 0 radical (unpaired) electrons. The van der Waals surface area contributed by atoms with Gasteiger partial charge in [-0.1, -0.05) is 125 Å². The smallest absolute Gasteiger partial charge is 0.123 e. The van der Waals surface area contributed by atoms with E-state index in [0.29, 0.717) is 16.4 Å². The highest BCUT2D eigenvalue weighted by Gasteiger charge is 2.72. The van der Waals surface area contributed by atoms with Gasteiger partial charge in [-0.25, -0.2) is 12.7 Å². The molecule has 0 nitrogen and oxygen atoms in total. The van der Waals surface area contributed by atoms with Crippen LogP contribution in [0.15, 0.2) is 130 Å². The van der Waals surface area contributed by atoms with E-state index in [2.05, 4.69) is 136 Å². The number of rotatable bonds is 12. The van der Waals surface area contributed by atoms with Crippen LogP contribution in [0.2, 0.25) is 0 Å². The molecule has 0 aliphatic heterocycles. The molecule has 0 spiro atoms. The van der Waals surface area contributed by atoms with Crippen molar-refractivity contribution in [2.24, 2.45) is 5.92 Å². The summed E-state index contributed by atoms with van der Waals surface area (Å²) in [7, 11) is -3.66. The van der Waals surface area contributed by atoms with Crippen molar-refractivity contribution in [3.8, 4) is 0 Å². The summed E-state index contributed by atoms with van der Waals surface area (Å²) in [5, 5.41) is 1.81. The molecule has 1 aliphatic rings. The van der Waals surface area contributed by atoms with Crippen LogP contribution in [0.4, 0.5) is 4.39 Å². The Labute approximate surface area is 257 Å². The molecule has 42 heavy (non-hydrogen) atoms. The zero-order valence-corrected chi connectivity index (χ0v) is 27.4. The van der Waals surface area contributed by atoms with E-state index in [-0.39, 0.29) is 5.82 Å². The van der Waals surface area contributed by atoms with Gasteiger partial charge in [0.15, 0.2) is 0 Å². The summed E-state index contributed by atoms with van der Waals surface area (Å²) in [5.41, 5.74) is 1.45. The summed E-state index contributed by atoms with van der Waals surface area (Å²) in [6, 6.07) is 42.2. The number of thioether (sulfide) groups is 1. The first-order chi connectivity index (χ1) is 20.5. The Morgan fingerprint density at radius 2 is 1.26 bits per heavy atom. The Morgan fingerprint density at radius 3 is 1.83 bits per heavy atom. The molecule has 0 heterocycles. The van der Waals surface area contributed by atoms with Gasteiger partial charge in [0.1, 0.15) is 5.82 Å². The zero-order valence-electron chi connectivity index (χ0n) is 25.8. The Hall–Kier alpha value is -2.49. The molecule has 4 aromatic carbocycles. The molecular weight excluding hydrogens is 552 g/mol. The molecule has 0 aromatic heterocycles. The number of halogens is 1. The summed E-state index contributed by atoms with van der Waals surface area (Å²) < 4.78 is 15.0. The van der Waals surface area contributed by atoms with Crippen LogP contribution >= 0.6 is 20.1 Å². The quantitative estimate of drug-likeness (QED) is 0.146. The minimum Gasteiger partial charge on any atom is -0.216 e. The van der Waals surface area contributed by atoms with E-state index in [9.17, 15) is 4.39 Å². The Morgan fingerprint density at radius 1 is 0.714 bits per heavy atom. The molecule has 2 unspecified atom stereocenters. The fraction of sp³-hybridized carbons (Fsp3) is 0.385. The predicted octanol–water partition coefficient (Wildman–Crippen LogP) is 12.4. The van der Waals surface area contributed by atoms with E-state index in [1.165, 1.54) is 52.4 Å². The normalized spacial score (nSPS) is 17.6. The summed E-state index contributed by atoms with van der Waals surface area (Å²) in [4.78, 5) is 4.26. The zero-order chi connectivity index (χ0) is 29.5. The van der Waals surface area contributed by atoms with Crippen LogP contribution in [0.5, 0.6) is 0 Å². The van der Waals surface area contributed by atoms with Crippen LogP contribution in [0.25, 0.3) is 0 Å². The first kappa shape index (κ1) is 31.0. The monoisotopic (exact) mass is 600 g/mol. The molecule has 3 heteroatoms. The van der Waals surface area contributed by atoms with Gasteiger partial charge < -0.3 is 0 Å².